The van der Waals surface area contributed by atoms with E-state index in [0.29, 0.717) is 16.3 Å². The maximum absolute atomic E-state index is 13.6. The minimum absolute atomic E-state index is 0.0706. The Labute approximate surface area is 159 Å². The molecule has 3 aromatic rings. The molecule has 0 radical (unpaired) electrons. The summed E-state index contributed by atoms with van der Waals surface area (Å²) >= 11 is 0. The molecule has 0 saturated heterocycles. The van der Waals surface area contributed by atoms with E-state index in [2.05, 4.69) is 10.4 Å². The van der Waals surface area contributed by atoms with Crippen LogP contribution in [0.25, 0.3) is 10.8 Å². The van der Waals surface area contributed by atoms with Gasteiger partial charge in [-0.2, -0.15) is 5.10 Å². The topological polar surface area (TPSA) is 90.3 Å². The zero-order chi connectivity index (χ0) is 20.4. The highest BCUT2D eigenvalue weighted by molar-refractivity contribution is 6.03. The van der Waals surface area contributed by atoms with Crippen molar-refractivity contribution in [3.8, 4) is 0 Å². The van der Waals surface area contributed by atoms with Gasteiger partial charge in [0.15, 0.2) is 11.8 Å². The predicted molar refractivity (Wildman–Crippen MR) is 102 cm³/mol. The minimum atomic E-state index is -1.16. The number of hydrogen-bond acceptors (Lipinski definition) is 5. The van der Waals surface area contributed by atoms with Crippen LogP contribution >= 0.6 is 0 Å². The van der Waals surface area contributed by atoms with Gasteiger partial charge in [-0.3, -0.25) is 9.59 Å². The Morgan fingerprint density at radius 2 is 1.86 bits per heavy atom. The Morgan fingerprint density at radius 3 is 2.54 bits per heavy atom. The number of benzene rings is 2. The third kappa shape index (κ3) is 3.75. The van der Waals surface area contributed by atoms with Gasteiger partial charge in [0.25, 0.3) is 11.5 Å². The van der Waals surface area contributed by atoms with Crippen molar-refractivity contribution in [1.82, 2.24) is 9.78 Å². The summed E-state index contributed by atoms with van der Waals surface area (Å²) in [5, 5.41) is 7.11. The predicted octanol–water partition coefficient (Wildman–Crippen LogP) is 2.57. The number of aromatic nitrogens is 2. The first-order chi connectivity index (χ1) is 13.3. The largest absolute Gasteiger partial charge is 0.448 e. The molecule has 0 aliphatic rings. The molecule has 1 aromatic heterocycles. The molecule has 0 bridgehead atoms. The van der Waals surface area contributed by atoms with Crippen LogP contribution in [0.1, 0.15) is 23.0 Å². The fourth-order valence-electron chi connectivity index (χ4n) is 2.63. The van der Waals surface area contributed by atoms with Gasteiger partial charge in [-0.25, -0.2) is 13.9 Å². The lowest BCUT2D eigenvalue weighted by atomic mass is 10.1. The molecule has 2 aromatic carbocycles. The van der Waals surface area contributed by atoms with Crippen molar-refractivity contribution < 1.29 is 18.7 Å². The van der Waals surface area contributed by atoms with Gasteiger partial charge in [0.05, 0.1) is 5.39 Å². The third-order valence-corrected chi connectivity index (χ3v) is 4.24. The first-order valence-corrected chi connectivity index (χ1v) is 8.52. The zero-order valence-corrected chi connectivity index (χ0v) is 15.5. The quantitative estimate of drug-likeness (QED) is 0.700. The molecule has 0 spiro atoms. The van der Waals surface area contributed by atoms with E-state index in [4.69, 9.17) is 4.74 Å². The number of anilines is 1. The van der Waals surface area contributed by atoms with Crippen LogP contribution in [0.5, 0.6) is 0 Å². The van der Waals surface area contributed by atoms with E-state index in [0.717, 1.165) is 4.68 Å². The van der Waals surface area contributed by atoms with Crippen LogP contribution in [0.4, 0.5) is 10.1 Å². The van der Waals surface area contributed by atoms with Gasteiger partial charge in [0.1, 0.15) is 5.82 Å². The van der Waals surface area contributed by atoms with Crippen molar-refractivity contribution in [1.29, 1.82) is 0 Å². The molecular formula is C20H18FN3O4. The molecule has 28 heavy (non-hydrogen) atoms. The van der Waals surface area contributed by atoms with Gasteiger partial charge >= 0.3 is 5.97 Å². The Morgan fingerprint density at radius 1 is 1.18 bits per heavy atom. The summed E-state index contributed by atoms with van der Waals surface area (Å²) in [5.41, 5.74) is 0.282. The lowest BCUT2D eigenvalue weighted by Gasteiger charge is -2.14. The smallest absolute Gasteiger partial charge is 0.360 e. The number of nitrogens with one attached hydrogen (secondary N) is 1. The molecule has 1 N–H and O–H groups in total. The monoisotopic (exact) mass is 383 g/mol. The maximum Gasteiger partial charge on any atom is 0.360 e. The number of rotatable bonds is 4. The van der Waals surface area contributed by atoms with Gasteiger partial charge in [0.2, 0.25) is 0 Å². The number of carbonyl (C=O) groups excluding carboxylic acids is 2. The third-order valence-electron chi connectivity index (χ3n) is 4.24. The highest BCUT2D eigenvalue weighted by Crippen LogP contribution is 2.16. The number of amides is 1. The average Bonchev–Trinajstić information content (AvgIpc) is 2.67. The number of halogens is 1. The molecule has 0 aliphatic heterocycles. The molecular weight excluding hydrogens is 365 g/mol. The molecule has 1 atom stereocenters. The number of carbonyl (C=O) groups is 2. The van der Waals surface area contributed by atoms with Crippen LogP contribution in [-0.2, 0) is 16.6 Å². The van der Waals surface area contributed by atoms with Crippen LogP contribution in [0, 0.1) is 12.7 Å². The van der Waals surface area contributed by atoms with Crippen molar-refractivity contribution >= 4 is 28.3 Å². The zero-order valence-electron chi connectivity index (χ0n) is 15.5. The van der Waals surface area contributed by atoms with Gasteiger partial charge in [-0.15, -0.1) is 0 Å². The van der Waals surface area contributed by atoms with Crippen molar-refractivity contribution in [3.05, 3.63) is 69.9 Å². The van der Waals surface area contributed by atoms with E-state index >= 15 is 0 Å². The van der Waals surface area contributed by atoms with Crippen molar-refractivity contribution in [3.63, 3.8) is 0 Å². The molecule has 0 fully saturated rings. The minimum Gasteiger partial charge on any atom is -0.448 e. The van der Waals surface area contributed by atoms with Crippen LogP contribution < -0.4 is 10.9 Å². The normalized spacial score (nSPS) is 11.9. The molecule has 7 nitrogen and oxygen atoms in total. The van der Waals surface area contributed by atoms with Crippen molar-refractivity contribution in [2.24, 2.45) is 7.05 Å². The summed E-state index contributed by atoms with van der Waals surface area (Å²) in [6.45, 7) is 3.00. The summed E-state index contributed by atoms with van der Waals surface area (Å²) < 4.78 is 19.9. The molecule has 0 aliphatic carbocycles. The Hall–Kier alpha value is -3.55. The fraction of sp³-hybridized carbons (Fsp3) is 0.200. The lowest BCUT2D eigenvalue weighted by Crippen LogP contribution is -2.31. The Bertz CT molecular complexity index is 1140. The van der Waals surface area contributed by atoms with Gasteiger partial charge in [-0.05, 0) is 37.6 Å². The summed E-state index contributed by atoms with van der Waals surface area (Å²) in [6, 6.07) is 10.8. The summed E-state index contributed by atoms with van der Waals surface area (Å²) in [6.07, 6.45) is -1.16. The number of hydrogen-bond donors (Lipinski definition) is 1. The molecule has 3 rings (SSSR count). The number of nitrogens with zero attached hydrogens (tertiary/aromatic N) is 2. The molecule has 1 heterocycles. The van der Waals surface area contributed by atoms with Crippen LogP contribution in [0.3, 0.4) is 0 Å². The van der Waals surface area contributed by atoms with Crippen LogP contribution in [0.2, 0.25) is 0 Å². The molecule has 144 valence electrons. The summed E-state index contributed by atoms with van der Waals surface area (Å²) in [7, 11) is 1.42. The van der Waals surface area contributed by atoms with Crippen LogP contribution in [-0.4, -0.2) is 27.8 Å². The average molecular weight is 383 g/mol. The van der Waals surface area contributed by atoms with E-state index in [-0.39, 0.29) is 16.9 Å². The van der Waals surface area contributed by atoms with E-state index in [1.54, 1.807) is 37.3 Å². The molecule has 1 amide bonds. The Kier molecular flexibility index (Phi) is 5.21. The number of fused-ring (bicyclic) bond motifs is 1. The molecule has 0 saturated carbocycles. The first-order valence-electron chi connectivity index (χ1n) is 8.52. The van der Waals surface area contributed by atoms with Crippen molar-refractivity contribution in [2.45, 2.75) is 20.0 Å². The number of ether oxygens (including phenoxy) is 1. The fourth-order valence-corrected chi connectivity index (χ4v) is 2.63. The molecule has 0 unspecified atom stereocenters. The maximum atomic E-state index is 13.6. The highest BCUT2D eigenvalue weighted by Gasteiger charge is 2.23. The number of esters is 1. The van der Waals surface area contributed by atoms with Gasteiger partial charge < -0.3 is 10.1 Å². The second kappa shape index (κ2) is 7.59. The van der Waals surface area contributed by atoms with E-state index in [1.807, 2.05) is 0 Å². The second-order valence-corrected chi connectivity index (χ2v) is 6.32. The Balaban J connectivity index is 1.80. The number of aryl methyl sites for hydroxylation is 2. The highest BCUT2D eigenvalue weighted by atomic mass is 19.1. The second-order valence-electron chi connectivity index (χ2n) is 6.32. The van der Waals surface area contributed by atoms with Crippen LogP contribution in [0.15, 0.2) is 47.3 Å². The lowest BCUT2D eigenvalue weighted by molar-refractivity contribution is -0.123. The summed E-state index contributed by atoms with van der Waals surface area (Å²) in [4.78, 5) is 37.0. The standard InChI is InChI=1S/C20H18FN3O4/c1-11-8-9-13(10-16(11)21)22-18(25)12(2)28-20(27)17-14-6-4-5-7-15(14)19(26)24(3)23-17/h4-10,12H,1-3H3,(H,22,25)/t12-/m1/s1. The van der Waals surface area contributed by atoms with Gasteiger partial charge in [0, 0.05) is 18.1 Å². The SMILES string of the molecule is Cc1ccc(NC(=O)[C@@H](C)OC(=O)c2nn(C)c(=O)c3ccccc23)cc1F. The van der Waals surface area contributed by atoms with Gasteiger partial charge in [-0.1, -0.05) is 24.3 Å². The van der Waals surface area contributed by atoms with E-state index in [9.17, 15) is 18.8 Å². The molecule has 8 heteroatoms. The van der Waals surface area contributed by atoms with Crippen molar-refractivity contribution in [2.75, 3.05) is 5.32 Å². The summed E-state index contributed by atoms with van der Waals surface area (Å²) in [5.74, 6) is -1.92. The van der Waals surface area contributed by atoms with E-state index < -0.39 is 23.8 Å². The first kappa shape index (κ1) is 19.2. The van der Waals surface area contributed by atoms with E-state index in [1.165, 1.54) is 26.1 Å².